The van der Waals surface area contributed by atoms with Crippen LogP contribution in [0.4, 0.5) is 11.5 Å². The molecule has 0 radical (unpaired) electrons. The smallest absolute Gasteiger partial charge is 0.133 e. The maximum Gasteiger partial charge on any atom is 0.133 e. The first-order valence-electron chi connectivity index (χ1n) is 9.61. The molecular formula is C23H26ClN3O2. The predicted molar refractivity (Wildman–Crippen MR) is 121 cm³/mol. The molecule has 152 valence electrons. The summed E-state index contributed by atoms with van der Waals surface area (Å²) in [5.41, 5.74) is 4.38. The highest BCUT2D eigenvalue weighted by molar-refractivity contribution is 6.36. The fourth-order valence-electron chi connectivity index (χ4n) is 3.15. The number of hydrogen-bond acceptors (Lipinski definition) is 5. The lowest BCUT2D eigenvalue weighted by Crippen LogP contribution is -2.19. The lowest BCUT2D eigenvalue weighted by Gasteiger charge is -2.25. The van der Waals surface area contributed by atoms with E-state index in [0.717, 1.165) is 52.6 Å². The molecule has 0 unspecified atom stereocenters. The number of hydrogen-bond donors (Lipinski definition) is 0. The molecule has 0 bridgehead atoms. The summed E-state index contributed by atoms with van der Waals surface area (Å²) in [6.45, 7) is 6.92. The molecule has 2 aromatic heterocycles. The lowest BCUT2D eigenvalue weighted by atomic mass is 10.1. The number of pyridine rings is 2. The molecule has 0 N–H and O–H groups in total. The largest absolute Gasteiger partial charge is 0.497 e. The van der Waals surface area contributed by atoms with Crippen LogP contribution < -0.4 is 14.4 Å². The molecule has 0 aliphatic carbocycles. The predicted octanol–water partition coefficient (Wildman–Crippen LogP) is 6.27. The molecule has 0 fully saturated rings. The third-order valence-corrected chi connectivity index (χ3v) is 5.25. The molecule has 0 saturated heterocycles. The summed E-state index contributed by atoms with van der Waals surface area (Å²) < 4.78 is 10.9. The molecule has 29 heavy (non-hydrogen) atoms. The highest BCUT2D eigenvalue weighted by Gasteiger charge is 2.16. The molecule has 2 heterocycles. The zero-order valence-electron chi connectivity index (χ0n) is 17.5. The zero-order chi connectivity index (χ0) is 21.0. The maximum absolute atomic E-state index is 6.71. The fourth-order valence-corrected chi connectivity index (χ4v) is 3.49. The van der Waals surface area contributed by atoms with Gasteiger partial charge in [0, 0.05) is 42.2 Å². The SMILES string of the molecule is C/C=C(\C)c1cnc2ccc(N(CCC)c3cc(OC)cc(OC)c3)nc2c1Cl. The van der Waals surface area contributed by atoms with E-state index >= 15 is 0 Å². The second-order valence-electron chi connectivity index (χ2n) is 6.72. The van der Waals surface area contributed by atoms with Crippen LogP contribution >= 0.6 is 11.6 Å². The zero-order valence-corrected chi connectivity index (χ0v) is 18.2. The molecule has 1 aromatic carbocycles. The Balaban J connectivity index is 2.16. The monoisotopic (exact) mass is 411 g/mol. The molecule has 0 spiro atoms. The second-order valence-corrected chi connectivity index (χ2v) is 7.10. The van der Waals surface area contributed by atoms with Crippen molar-refractivity contribution in [2.24, 2.45) is 0 Å². The van der Waals surface area contributed by atoms with Gasteiger partial charge in [-0.25, -0.2) is 4.98 Å². The highest BCUT2D eigenvalue weighted by Crippen LogP contribution is 2.35. The number of halogens is 1. The highest BCUT2D eigenvalue weighted by atomic mass is 35.5. The molecule has 6 heteroatoms. The van der Waals surface area contributed by atoms with E-state index in [-0.39, 0.29) is 0 Å². The summed E-state index contributed by atoms with van der Waals surface area (Å²) in [7, 11) is 3.29. The van der Waals surface area contributed by atoms with E-state index in [4.69, 9.17) is 26.1 Å². The third-order valence-electron chi connectivity index (χ3n) is 4.87. The molecule has 0 aliphatic rings. The molecule has 0 atom stereocenters. The number of anilines is 2. The molecule has 0 amide bonds. The van der Waals surface area contributed by atoms with Crippen molar-refractivity contribution in [3.8, 4) is 11.5 Å². The van der Waals surface area contributed by atoms with Gasteiger partial charge in [-0.05, 0) is 38.0 Å². The summed E-state index contributed by atoms with van der Waals surface area (Å²) in [5.74, 6) is 2.26. The van der Waals surface area contributed by atoms with Gasteiger partial charge in [0.2, 0.25) is 0 Å². The normalized spacial score (nSPS) is 11.6. The minimum Gasteiger partial charge on any atom is -0.497 e. The van der Waals surface area contributed by atoms with Crippen LogP contribution in [0.3, 0.4) is 0 Å². The van der Waals surface area contributed by atoms with Crippen molar-refractivity contribution in [2.75, 3.05) is 25.7 Å². The summed E-state index contributed by atoms with van der Waals surface area (Å²) in [5, 5.41) is 0.618. The number of nitrogens with zero attached hydrogens (tertiary/aromatic N) is 3. The standard InChI is InChI=1S/C23H26ClN3O2/c1-6-10-27(16-11-17(28-4)13-18(12-16)29-5)21-9-8-20-23(26-21)22(24)19(14-25-20)15(3)7-2/h7-9,11-14H,6,10H2,1-5H3/b15-7+. The van der Waals surface area contributed by atoms with Gasteiger partial charge in [-0.2, -0.15) is 0 Å². The van der Waals surface area contributed by atoms with E-state index in [9.17, 15) is 0 Å². The third kappa shape index (κ3) is 4.30. The Labute approximate surface area is 176 Å². The Bertz CT molecular complexity index is 1030. The molecule has 0 saturated carbocycles. The van der Waals surface area contributed by atoms with E-state index < -0.39 is 0 Å². The van der Waals surface area contributed by atoms with Gasteiger partial charge in [0.05, 0.1) is 24.8 Å². The van der Waals surface area contributed by atoms with Crippen LogP contribution in [-0.4, -0.2) is 30.7 Å². The van der Waals surface area contributed by atoms with E-state index in [1.54, 1.807) is 20.4 Å². The van der Waals surface area contributed by atoms with Crippen molar-refractivity contribution < 1.29 is 9.47 Å². The minimum absolute atomic E-state index is 0.618. The van der Waals surface area contributed by atoms with E-state index in [1.807, 2.05) is 50.3 Å². The number of methoxy groups -OCH3 is 2. The average molecular weight is 412 g/mol. The van der Waals surface area contributed by atoms with Crippen molar-refractivity contribution in [3.05, 3.63) is 53.2 Å². The van der Waals surface area contributed by atoms with Gasteiger partial charge in [-0.3, -0.25) is 4.98 Å². The Kier molecular flexibility index (Phi) is 6.60. The number of benzene rings is 1. The number of ether oxygens (including phenoxy) is 2. The van der Waals surface area contributed by atoms with Gasteiger partial charge >= 0.3 is 0 Å². The quantitative estimate of drug-likeness (QED) is 0.458. The number of aromatic nitrogens is 2. The van der Waals surface area contributed by atoms with Gasteiger partial charge in [0.15, 0.2) is 0 Å². The van der Waals surface area contributed by atoms with Crippen molar-refractivity contribution in [3.63, 3.8) is 0 Å². The van der Waals surface area contributed by atoms with Crippen molar-refractivity contribution in [2.45, 2.75) is 27.2 Å². The number of allylic oxidation sites excluding steroid dienone is 2. The Morgan fingerprint density at radius 3 is 2.41 bits per heavy atom. The van der Waals surface area contributed by atoms with Gasteiger partial charge < -0.3 is 14.4 Å². The maximum atomic E-state index is 6.71. The van der Waals surface area contributed by atoms with E-state index in [2.05, 4.69) is 16.8 Å². The fraction of sp³-hybridized carbons (Fsp3) is 0.304. The van der Waals surface area contributed by atoms with E-state index in [0.29, 0.717) is 10.5 Å². The Morgan fingerprint density at radius 1 is 1.14 bits per heavy atom. The summed E-state index contributed by atoms with van der Waals surface area (Å²) in [4.78, 5) is 11.6. The molecule has 0 aliphatic heterocycles. The van der Waals surface area contributed by atoms with Gasteiger partial charge in [-0.15, -0.1) is 0 Å². The number of fused-ring (bicyclic) bond motifs is 1. The Morgan fingerprint density at radius 2 is 1.83 bits per heavy atom. The van der Waals surface area contributed by atoms with Crippen LogP contribution in [0.25, 0.3) is 16.6 Å². The van der Waals surface area contributed by atoms with Crippen LogP contribution in [0, 0.1) is 0 Å². The van der Waals surface area contributed by atoms with Crippen molar-refractivity contribution in [1.29, 1.82) is 0 Å². The molecular weight excluding hydrogens is 386 g/mol. The molecule has 3 rings (SSSR count). The van der Waals surface area contributed by atoms with Gasteiger partial charge in [-0.1, -0.05) is 24.6 Å². The molecule has 3 aromatic rings. The summed E-state index contributed by atoms with van der Waals surface area (Å²) in [6, 6.07) is 9.73. The van der Waals surface area contributed by atoms with Crippen LogP contribution in [0.2, 0.25) is 5.02 Å². The summed E-state index contributed by atoms with van der Waals surface area (Å²) in [6.07, 6.45) is 4.77. The number of rotatable bonds is 7. The topological polar surface area (TPSA) is 47.5 Å². The minimum atomic E-state index is 0.618. The van der Waals surface area contributed by atoms with Crippen LogP contribution in [0.1, 0.15) is 32.8 Å². The van der Waals surface area contributed by atoms with Crippen molar-refractivity contribution >= 4 is 39.7 Å². The van der Waals surface area contributed by atoms with E-state index in [1.165, 1.54) is 0 Å². The first-order chi connectivity index (χ1) is 14.0. The second kappa shape index (κ2) is 9.14. The van der Waals surface area contributed by atoms with Crippen LogP contribution in [0.5, 0.6) is 11.5 Å². The summed E-state index contributed by atoms with van der Waals surface area (Å²) >= 11 is 6.71. The van der Waals surface area contributed by atoms with Crippen molar-refractivity contribution in [1.82, 2.24) is 9.97 Å². The van der Waals surface area contributed by atoms with Gasteiger partial charge in [0.25, 0.3) is 0 Å². The first kappa shape index (κ1) is 20.9. The Hall–Kier alpha value is -2.79. The van der Waals surface area contributed by atoms with Crippen LogP contribution in [0.15, 0.2) is 42.6 Å². The molecule has 5 nitrogen and oxygen atoms in total. The average Bonchev–Trinajstić information content (AvgIpc) is 2.76. The first-order valence-corrected chi connectivity index (χ1v) is 9.99. The van der Waals surface area contributed by atoms with Crippen LogP contribution in [-0.2, 0) is 0 Å². The van der Waals surface area contributed by atoms with Gasteiger partial charge in [0.1, 0.15) is 22.8 Å². The lowest BCUT2D eigenvalue weighted by molar-refractivity contribution is 0.394.